The van der Waals surface area contributed by atoms with Gasteiger partial charge >= 0.3 is 0 Å². The molecule has 0 saturated carbocycles. The van der Waals surface area contributed by atoms with Crippen LogP contribution in [0.25, 0.3) is 0 Å². The molecule has 1 amide bonds. The van der Waals surface area contributed by atoms with Gasteiger partial charge in [-0.3, -0.25) is 14.7 Å². The highest BCUT2D eigenvalue weighted by Crippen LogP contribution is 2.41. The van der Waals surface area contributed by atoms with Gasteiger partial charge < -0.3 is 9.64 Å². The number of benzene rings is 1. The summed E-state index contributed by atoms with van der Waals surface area (Å²) in [7, 11) is 0. The SMILES string of the molecule is C=CCOc1ccc(C(=O)N2CCC3(CCN(Cc4cccnc4)CC3)CC2)cc1. The Morgan fingerprint density at radius 2 is 1.77 bits per heavy atom. The number of carbonyl (C=O) groups excluding carboxylic acids is 1. The molecule has 2 aliphatic rings. The highest BCUT2D eigenvalue weighted by Gasteiger charge is 2.38. The molecule has 0 N–H and O–H groups in total. The van der Waals surface area contributed by atoms with Crippen molar-refractivity contribution >= 4 is 5.91 Å². The molecule has 2 aliphatic heterocycles. The van der Waals surface area contributed by atoms with E-state index in [1.807, 2.05) is 47.6 Å². The minimum Gasteiger partial charge on any atom is -0.490 e. The topological polar surface area (TPSA) is 45.7 Å². The van der Waals surface area contributed by atoms with Crippen molar-refractivity contribution in [2.24, 2.45) is 5.41 Å². The summed E-state index contributed by atoms with van der Waals surface area (Å²) in [6.07, 6.45) is 10.2. The summed E-state index contributed by atoms with van der Waals surface area (Å²) in [5.74, 6) is 0.899. The van der Waals surface area contributed by atoms with E-state index in [-0.39, 0.29) is 5.91 Å². The highest BCUT2D eigenvalue weighted by atomic mass is 16.5. The number of piperidine rings is 2. The van der Waals surface area contributed by atoms with Crippen LogP contribution in [0.5, 0.6) is 5.75 Å². The Hall–Kier alpha value is -2.66. The normalized spacial score (nSPS) is 18.9. The second kappa shape index (κ2) is 9.43. The van der Waals surface area contributed by atoms with Gasteiger partial charge in [-0.1, -0.05) is 18.7 Å². The highest BCUT2D eigenvalue weighted by molar-refractivity contribution is 5.94. The van der Waals surface area contributed by atoms with Gasteiger partial charge in [0, 0.05) is 37.6 Å². The second-order valence-corrected chi connectivity index (χ2v) is 8.55. The van der Waals surface area contributed by atoms with Crippen molar-refractivity contribution in [3.63, 3.8) is 0 Å². The Labute approximate surface area is 179 Å². The van der Waals surface area contributed by atoms with Crippen LogP contribution >= 0.6 is 0 Å². The predicted octanol–water partition coefficient (Wildman–Crippen LogP) is 4.16. The first kappa shape index (κ1) is 20.6. The number of likely N-dealkylation sites (tertiary alicyclic amines) is 2. The number of amides is 1. The molecule has 0 unspecified atom stereocenters. The van der Waals surface area contributed by atoms with Gasteiger partial charge in [0.1, 0.15) is 12.4 Å². The first-order valence-electron chi connectivity index (χ1n) is 10.9. The molecule has 0 radical (unpaired) electrons. The molecule has 5 heteroatoms. The summed E-state index contributed by atoms with van der Waals surface area (Å²) >= 11 is 0. The number of ether oxygens (including phenoxy) is 1. The van der Waals surface area contributed by atoms with Gasteiger partial charge in [0.25, 0.3) is 5.91 Å². The standard InChI is InChI=1S/C25H31N3O2/c1-2-18-30-23-7-5-22(6-8-23)24(29)28-16-11-25(12-17-28)9-14-27(15-10-25)20-21-4-3-13-26-19-21/h2-8,13,19H,1,9-12,14-18,20H2. The maximum absolute atomic E-state index is 12.9. The van der Waals surface area contributed by atoms with E-state index in [2.05, 4.69) is 22.5 Å². The summed E-state index contributed by atoms with van der Waals surface area (Å²) < 4.78 is 5.51. The minimum absolute atomic E-state index is 0.133. The fourth-order valence-corrected chi connectivity index (χ4v) is 4.65. The van der Waals surface area contributed by atoms with E-state index in [1.165, 1.54) is 18.4 Å². The lowest BCUT2D eigenvalue weighted by Crippen LogP contribution is -2.48. The van der Waals surface area contributed by atoms with E-state index < -0.39 is 0 Å². The molecule has 0 aliphatic carbocycles. The number of nitrogens with zero attached hydrogens (tertiary/aromatic N) is 3. The average molecular weight is 406 g/mol. The van der Waals surface area contributed by atoms with Crippen molar-refractivity contribution < 1.29 is 9.53 Å². The molecule has 1 spiro atoms. The lowest BCUT2D eigenvalue weighted by Gasteiger charge is -2.47. The minimum atomic E-state index is 0.133. The van der Waals surface area contributed by atoms with Gasteiger partial charge in [-0.05, 0) is 80.1 Å². The summed E-state index contributed by atoms with van der Waals surface area (Å²) in [5, 5.41) is 0. The molecule has 30 heavy (non-hydrogen) atoms. The summed E-state index contributed by atoms with van der Waals surface area (Å²) in [4.78, 5) is 21.7. The van der Waals surface area contributed by atoms with E-state index in [0.29, 0.717) is 12.0 Å². The lowest BCUT2D eigenvalue weighted by atomic mass is 9.71. The fraction of sp³-hybridized carbons (Fsp3) is 0.440. The van der Waals surface area contributed by atoms with Crippen LogP contribution in [0.15, 0.2) is 61.4 Å². The van der Waals surface area contributed by atoms with Crippen LogP contribution in [0.4, 0.5) is 0 Å². The van der Waals surface area contributed by atoms with Gasteiger partial charge in [-0.2, -0.15) is 0 Å². The van der Waals surface area contributed by atoms with Gasteiger partial charge in [0.05, 0.1) is 0 Å². The number of aromatic nitrogens is 1. The Kier molecular flexibility index (Phi) is 6.48. The van der Waals surface area contributed by atoms with Crippen LogP contribution < -0.4 is 4.74 Å². The van der Waals surface area contributed by atoms with Crippen LogP contribution in [0.3, 0.4) is 0 Å². The molecule has 1 aromatic heterocycles. The summed E-state index contributed by atoms with van der Waals surface area (Å²) in [6, 6.07) is 11.6. The molecular weight excluding hydrogens is 374 g/mol. The first-order valence-corrected chi connectivity index (χ1v) is 10.9. The van der Waals surface area contributed by atoms with Gasteiger partial charge in [-0.25, -0.2) is 0 Å². The van der Waals surface area contributed by atoms with Crippen molar-refractivity contribution in [3.8, 4) is 5.75 Å². The van der Waals surface area contributed by atoms with Crippen LogP contribution in [0, 0.1) is 5.41 Å². The number of pyridine rings is 1. The molecule has 4 rings (SSSR count). The van der Waals surface area contributed by atoms with E-state index in [0.717, 1.165) is 56.9 Å². The molecule has 3 heterocycles. The van der Waals surface area contributed by atoms with Crippen LogP contribution in [0.1, 0.15) is 41.6 Å². The molecule has 1 aromatic carbocycles. The van der Waals surface area contributed by atoms with E-state index in [1.54, 1.807) is 6.08 Å². The average Bonchev–Trinajstić information content (AvgIpc) is 2.80. The zero-order chi connectivity index (χ0) is 20.8. The number of carbonyl (C=O) groups is 1. The van der Waals surface area contributed by atoms with Crippen LogP contribution in [-0.4, -0.2) is 53.5 Å². The molecule has 0 atom stereocenters. The smallest absolute Gasteiger partial charge is 0.253 e. The van der Waals surface area contributed by atoms with Gasteiger partial charge in [0.15, 0.2) is 0 Å². The van der Waals surface area contributed by atoms with Crippen LogP contribution in [-0.2, 0) is 6.54 Å². The molecule has 158 valence electrons. The maximum Gasteiger partial charge on any atom is 0.253 e. The molecular formula is C25H31N3O2. The van der Waals surface area contributed by atoms with Crippen molar-refractivity contribution in [1.82, 2.24) is 14.8 Å². The molecule has 2 saturated heterocycles. The third-order valence-electron chi connectivity index (χ3n) is 6.63. The summed E-state index contributed by atoms with van der Waals surface area (Å²) in [5.41, 5.74) is 2.43. The Balaban J connectivity index is 1.26. The van der Waals surface area contributed by atoms with Gasteiger partial charge in [-0.15, -0.1) is 0 Å². The largest absolute Gasteiger partial charge is 0.490 e. The third-order valence-corrected chi connectivity index (χ3v) is 6.63. The van der Waals surface area contributed by atoms with Crippen molar-refractivity contribution in [2.75, 3.05) is 32.8 Å². The molecule has 2 aromatic rings. The van der Waals surface area contributed by atoms with E-state index in [4.69, 9.17) is 4.74 Å². The molecule has 5 nitrogen and oxygen atoms in total. The molecule has 0 bridgehead atoms. The van der Waals surface area contributed by atoms with Crippen molar-refractivity contribution in [3.05, 3.63) is 72.6 Å². The fourth-order valence-electron chi connectivity index (χ4n) is 4.65. The van der Waals surface area contributed by atoms with Crippen molar-refractivity contribution in [1.29, 1.82) is 0 Å². The van der Waals surface area contributed by atoms with Gasteiger partial charge in [0.2, 0.25) is 0 Å². The number of hydrogen-bond donors (Lipinski definition) is 0. The zero-order valence-electron chi connectivity index (χ0n) is 17.6. The third kappa shape index (κ3) is 4.90. The Bertz CT molecular complexity index is 832. The van der Waals surface area contributed by atoms with Crippen molar-refractivity contribution in [2.45, 2.75) is 32.2 Å². The quantitative estimate of drug-likeness (QED) is 0.677. The maximum atomic E-state index is 12.9. The summed E-state index contributed by atoms with van der Waals surface area (Å²) in [6.45, 7) is 9.09. The zero-order valence-corrected chi connectivity index (χ0v) is 17.6. The van der Waals surface area contributed by atoms with Crippen LogP contribution in [0.2, 0.25) is 0 Å². The lowest BCUT2D eigenvalue weighted by molar-refractivity contribution is 0.0285. The predicted molar refractivity (Wildman–Crippen MR) is 118 cm³/mol. The Morgan fingerprint density at radius 1 is 1.07 bits per heavy atom. The Morgan fingerprint density at radius 3 is 2.40 bits per heavy atom. The molecule has 2 fully saturated rings. The monoisotopic (exact) mass is 405 g/mol. The first-order chi connectivity index (χ1) is 14.7. The number of hydrogen-bond acceptors (Lipinski definition) is 4. The van der Waals surface area contributed by atoms with E-state index in [9.17, 15) is 4.79 Å². The van der Waals surface area contributed by atoms with E-state index >= 15 is 0 Å². The number of rotatable bonds is 6. The second-order valence-electron chi connectivity index (χ2n) is 8.55.